The molecule has 7 heteroatoms. The van der Waals surface area contributed by atoms with Gasteiger partial charge in [-0.3, -0.25) is 4.79 Å². The third-order valence-corrected chi connectivity index (χ3v) is 3.04. The predicted octanol–water partition coefficient (Wildman–Crippen LogP) is 0.0325. The molecule has 110 valence electrons. The maximum Gasteiger partial charge on any atom is 0.317 e. The van der Waals surface area contributed by atoms with Crippen LogP contribution >= 0.6 is 0 Å². The molecule has 2 amide bonds. The molecule has 0 spiro atoms. The van der Waals surface area contributed by atoms with E-state index in [1.54, 1.807) is 18.7 Å². The van der Waals surface area contributed by atoms with E-state index in [0.29, 0.717) is 26.1 Å². The van der Waals surface area contributed by atoms with E-state index < -0.39 is 11.5 Å². The summed E-state index contributed by atoms with van der Waals surface area (Å²) in [6, 6.07) is -0.253. The van der Waals surface area contributed by atoms with Gasteiger partial charge in [0.2, 0.25) is 0 Å². The van der Waals surface area contributed by atoms with Crippen molar-refractivity contribution >= 4 is 12.0 Å². The largest absolute Gasteiger partial charge is 0.481 e. The molecule has 1 aliphatic heterocycles. The number of amides is 2. The minimum absolute atomic E-state index is 0.00958. The molecule has 0 aliphatic carbocycles. The van der Waals surface area contributed by atoms with Gasteiger partial charge in [-0.2, -0.15) is 0 Å². The smallest absolute Gasteiger partial charge is 0.317 e. The number of hydrogen-bond acceptors (Lipinski definition) is 4. The van der Waals surface area contributed by atoms with Crippen molar-refractivity contribution in [3.05, 3.63) is 0 Å². The summed E-state index contributed by atoms with van der Waals surface area (Å²) in [5.74, 6) is -0.881. The van der Waals surface area contributed by atoms with E-state index in [9.17, 15) is 9.59 Å². The van der Waals surface area contributed by atoms with Gasteiger partial charge in [-0.05, 0) is 20.3 Å². The number of aliphatic hydroxyl groups excluding tert-OH is 1. The Kier molecular flexibility index (Phi) is 5.56. The highest BCUT2D eigenvalue weighted by atomic mass is 16.5. The Hall–Kier alpha value is -1.34. The number of morpholine rings is 1. The van der Waals surface area contributed by atoms with Crippen LogP contribution in [0.25, 0.3) is 0 Å². The second kappa shape index (κ2) is 6.72. The summed E-state index contributed by atoms with van der Waals surface area (Å²) in [4.78, 5) is 24.2. The third-order valence-electron chi connectivity index (χ3n) is 3.04. The number of hydrogen-bond donors (Lipinski definition) is 3. The topological polar surface area (TPSA) is 99.1 Å². The molecule has 0 aromatic carbocycles. The molecule has 1 rings (SSSR count). The molecule has 1 atom stereocenters. The molecule has 1 aliphatic rings. The van der Waals surface area contributed by atoms with Crippen LogP contribution in [0, 0.1) is 0 Å². The van der Waals surface area contributed by atoms with Crippen molar-refractivity contribution in [2.75, 3.05) is 26.3 Å². The molecule has 1 fully saturated rings. The van der Waals surface area contributed by atoms with Gasteiger partial charge in [0.05, 0.1) is 25.9 Å². The SMILES string of the molecule is CC(C)(CCC(=O)O)NC(=O)N1CCOC(CO)C1. The Morgan fingerprint density at radius 2 is 2.16 bits per heavy atom. The quantitative estimate of drug-likeness (QED) is 0.657. The minimum atomic E-state index is -0.881. The number of ether oxygens (including phenoxy) is 1. The van der Waals surface area contributed by atoms with Crippen molar-refractivity contribution in [1.82, 2.24) is 10.2 Å². The highest BCUT2D eigenvalue weighted by Gasteiger charge is 2.28. The highest BCUT2D eigenvalue weighted by Crippen LogP contribution is 2.13. The van der Waals surface area contributed by atoms with Crippen LogP contribution in [-0.4, -0.2) is 65.1 Å². The molecule has 0 aromatic heterocycles. The van der Waals surface area contributed by atoms with Crippen molar-refractivity contribution in [3.8, 4) is 0 Å². The second-order valence-corrected chi connectivity index (χ2v) is 5.33. The van der Waals surface area contributed by atoms with Gasteiger partial charge in [0.1, 0.15) is 0 Å². The molecule has 0 saturated carbocycles. The molecule has 1 unspecified atom stereocenters. The van der Waals surface area contributed by atoms with Gasteiger partial charge < -0.3 is 25.2 Å². The van der Waals surface area contributed by atoms with E-state index in [0.717, 1.165) is 0 Å². The molecule has 3 N–H and O–H groups in total. The lowest BCUT2D eigenvalue weighted by Crippen LogP contribution is -2.55. The number of carbonyl (C=O) groups is 2. The van der Waals surface area contributed by atoms with Gasteiger partial charge in [-0.25, -0.2) is 4.79 Å². The normalized spacial score (nSPS) is 20.2. The van der Waals surface area contributed by atoms with Crippen LogP contribution in [0.2, 0.25) is 0 Å². The molecule has 0 bridgehead atoms. The Balaban J connectivity index is 2.46. The maximum atomic E-state index is 12.1. The van der Waals surface area contributed by atoms with E-state index in [-0.39, 0.29) is 25.2 Å². The molecule has 0 aromatic rings. The van der Waals surface area contributed by atoms with Crippen molar-refractivity contribution < 1.29 is 24.5 Å². The molecular weight excluding hydrogens is 252 g/mol. The Morgan fingerprint density at radius 1 is 1.47 bits per heavy atom. The first kappa shape index (κ1) is 15.7. The van der Waals surface area contributed by atoms with E-state index >= 15 is 0 Å². The van der Waals surface area contributed by atoms with Crippen molar-refractivity contribution in [1.29, 1.82) is 0 Å². The minimum Gasteiger partial charge on any atom is -0.481 e. The Bertz CT molecular complexity index is 332. The average Bonchev–Trinajstić information content (AvgIpc) is 2.36. The standard InChI is InChI=1S/C12H22N2O5/c1-12(2,4-3-10(16)17)13-11(18)14-5-6-19-9(7-14)8-15/h9,15H,3-8H2,1-2H3,(H,13,18)(H,16,17). The summed E-state index contributed by atoms with van der Waals surface area (Å²) in [6.45, 7) is 4.67. The summed E-state index contributed by atoms with van der Waals surface area (Å²) < 4.78 is 5.27. The zero-order valence-corrected chi connectivity index (χ0v) is 11.4. The molecule has 19 heavy (non-hydrogen) atoms. The first-order valence-electron chi connectivity index (χ1n) is 6.35. The molecular formula is C12H22N2O5. The summed E-state index contributed by atoms with van der Waals surface area (Å²) >= 11 is 0. The predicted molar refractivity (Wildman–Crippen MR) is 67.9 cm³/mol. The fraction of sp³-hybridized carbons (Fsp3) is 0.833. The molecule has 1 saturated heterocycles. The first-order valence-corrected chi connectivity index (χ1v) is 6.35. The van der Waals surface area contributed by atoms with Crippen LogP contribution in [0.3, 0.4) is 0 Å². The van der Waals surface area contributed by atoms with E-state index in [4.69, 9.17) is 14.9 Å². The van der Waals surface area contributed by atoms with Crippen LogP contribution in [0.15, 0.2) is 0 Å². The summed E-state index contributed by atoms with van der Waals surface area (Å²) in [5.41, 5.74) is -0.581. The number of rotatable bonds is 5. The number of aliphatic carboxylic acids is 1. The van der Waals surface area contributed by atoms with Crippen LogP contribution in [0.1, 0.15) is 26.7 Å². The zero-order chi connectivity index (χ0) is 14.5. The van der Waals surface area contributed by atoms with Gasteiger partial charge in [-0.1, -0.05) is 0 Å². The summed E-state index contributed by atoms with van der Waals surface area (Å²) in [5, 5.41) is 20.5. The average molecular weight is 274 g/mol. The zero-order valence-electron chi connectivity index (χ0n) is 11.4. The lowest BCUT2D eigenvalue weighted by Gasteiger charge is -2.35. The maximum absolute atomic E-state index is 12.1. The number of carboxylic acids is 1. The fourth-order valence-corrected chi connectivity index (χ4v) is 1.86. The summed E-state index contributed by atoms with van der Waals surface area (Å²) in [7, 11) is 0. The molecule has 1 heterocycles. The van der Waals surface area contributed by atoms with Crippen molar-refractivity contribution in [3.63, 3.8) is 0 Å². The van der Waals surface area contributed by atoms with Gasteiger partial charge in [-0.15, -0.1) is 0 Å². The van der Waals surface area contributed by atoms with E-state index in [1.807, 2.05) is 0 Å². The van der Waals surface area contributed by atoms with Crippen molar-refractivity contribution in [2.45, 2.75) is 38.3 Å². The number of aliphatic hydroxyl groups is 1. The third kappa shape index (κ3) is 5.44. The number of urea groups is 1. The number of carboxylic acid groups (broad SMARTS) is 1. The number of nitrogens with zero attached hydrogens (tertiary/aromatic N) is 1. The van der Waals surface area contributed by atoms with Gasteiger partial charge in [0.25, 0.3) is 0 Å². The number of carbonyl (C=O) groups excluding carboxylic acids is 1. The summed E-state index contributed by atoms with van der Waals surface area (Å²) in [6.07, 6.45) is 0.0268. The van der Waals surface area contributed by atoms with Gasteiger partial charge in [0.15, 0.2) is 0 Å². The van der Waals surface area contributed by atoms with E-state index in [1.165, 1.54) is 0 Å². The first-order chi connectivity index (χ1) is 8.84. The Morgan fingerprint density at radius 3 is 2.74 bits per heavy atom. The van der Waals surface area contributed by atoms with Crippen LogP contribution < -0.4 is 5.32 Å². The Labute approximate surface area is 112 Å². The molecule has 0 radical (unpaired) electrons. The fourth-order valence-electron chi connectivity index (χ4n) is 1.86. The van der Waals surface area contributed by atoms with Crippen molar-refractivity contribution in [2.24, 2.45) is 0 Å². The van der Waals surface area contributed by atoms with E-state index in [2.05, 4.69) is 5.32 Å². The highest BCUT2D eigenvalue weighted by molar-refractivity contribution is 5.75. The van der Waals surface area contributed by atoms with Gasteiger partial charge in [0, 0.05) is 18.5 Å². The second-order valence-electron chi connectivity index (χ2n) is 5.33. The lowest BCUT2D eigenvalue weighted by molar-refractivity contribution is -0.137. The van der Waals surface area contributed by atoms with Crippen LogP contribution in [-0.2, 0) is 9.53 Å². The lowest BCUT2D eigenvalue weighted by atomic mass is 9.99. The van der Waals surface area contributed by atoms with Crippen LogP contribution in [0.4, 0.5) is 4.79 Å². The van der Waals surface area contributed by atoms with Crippen LogP contribution in [0.5, 0.6) is 0 Å². The van der Waals surface area contributed by atoms with Gasteiger partial charge >= 0.3 is 12.0 Å². The number of nitrogens with one attached hydrogen (secondary N) is 1. The molecule has 7 nitrogen and oxygen atoms in total. The monoisotopic (exact) mass is 274 g/mol.